The summed E-state index contributed by atoms with van der Waals surface area (Å²) in [5.74, 6) is -0.00590. The average Bonchev–Trinajstić information content (AvgIpc) is 3.34. The molecule has 2 aromatic heterocycles. The van der Waals surface area contributed by atoms with Crippen LogP contribution in [0.1, 0.15) is 17.3 Å². The van der Waals surface area contributed by atoms with Gasteiger partial charge in [-0.3, -0.25) is 4.79 Å². The molecule has 0 fully saturated rings. The maximum atomic E-state index is 12.3. The summed E-state index contributed by atoms with van der Waals surface area (Å²) in [6.07, 6.45) is 0. The quantitative estimate of drug-likeness (QED) is 0.392. The van der Waals surface area contributed by atoms with Crippen LogP contribution in [-0.2, 0) is 16.1 Å². The van der Waals surface area contributed by atoms with Crippen LogP contribution in [0.3, 0.4) is 0 Å². The largest absolute Gasteiger partial charge is 0.465 e. The first kappa shape index (κ1) is 21.6. The third-order valence-corrected chi connectivity index (χ3v) is 6.40. The Morgan fingerprint density at radius 3 is 2.72 bits per heavy atom. The molecule has 0 atom stereocenters. The van der Waals surface area contributed by atoms with E-state index in [1.807, 2.05) is 17.6 Å². The monoisotopic (exact) mass is 470 g/mol. The maximum absolute atomic E-state index is 12.3. The van der Waals surface area contributed by atoms with E-state index in [0.717, 1.165) is 5.56 Å². The topological polar surface area (TPSA) is 86.1 Å². The van der Waals surface area contributed by atoms with Crippen molar-refractivity contribution in [3.05, 3.63) is 45.3 Å². The Balaban J connectivity index is 1.70. The van der Waals surface area contributed by atoms with Crippen molar-refractivity contribution in [2.75, 3.05) is 18.2 Å². The summed E-state index contributed by atoms with van der Waals surface area (Å²) >= 11 is 14.6. The van der Waals surface area contributed by atoms with E-state index in [-0.39, 0.29) is 11.7 Å². The summed E-state index contributed by atoms with van der Waals surface area (Å²) in [6.45, 7) is 2.58. The van der Waals surface area contributed by atoms with Gasteiger partial charge in [0, 0.05) is 12.1 Å². The second-order valence-corrected chi connectivity index (χ2v) is 8.34. The van der Waals surface area contributed by atoms with E-state index in [1.54, 1.807) is 23.6 Å². The molecule has 0 aliphatic carbocycles. The van der Waals surface area contributed by atoms with E-state index in [2.05, 4.69) is 15.5 Å². The van der Waals surface area contributed by atoms with Crippen molar-refractivity contribution in [1.29, 1.82) is 0 Å². The first-order chi connectivity index (χ1) is 13.9. The number of hydrogen-bond acceptors (Lipinski definition) is 7. The van der Waals surface area contributed by atoms with Crippen LogP contribution in [0.25, 0.3) is 11.4 Å². The Morgan fingerprint density at radius 2 is 2.03 bits per heavy atom. The SMILES string of the molecule is CCn1c(SCC(=O)Nc2sccc2C(=O)OC)nnc1-c1ccc(Cl)c(Cl)c1. The lowest BCUT2D eigenvalue weighted by Gasteiger charge is -2.08. The van der Waals surface area contributed by atoms with Crippen LogP contribution >= 0.6 is 46.3 Å². The number of carbonyl (C=O) groups is 2. The molecule has 1 aromatic carbocycles. The normalized spacial score (nSPS) is 10.8. The zero-order chi connectivity index (χ0) is 21.0. The van der Waals surface area contributed by atoms with Crippen molar-refractivity contribution in [3.63, 3.8) is 0 Å². The van der Waals surface area contributed by atoms with Gasteiger partial charge in [-0.2, -0.15) is 0 Å². The zero-order valence-electron chi connectivity index (χ0n) is 15.4. The second-order valence-electron chi connectivity index (χ2n) is 5.67. The first-order valence-corrected chi connectivity index (χ1v) is 11.0. The summed E-state index contributed by atoms with van der Waals surface area (Å²) in [4.78, 5) is 24.0. The molecule has 29 heavy (non-hydrogen) atoms. The number of halogens is 2. The highest BCUT2D eigenvalue weighted by atomic mass is 35.5. The Bertz CT molecular complexity index is 1050. The number of esters is 1. The zero-order valence-corrected chi connectivity index (χ0v) is 18.6. The number of carbonyl (C=O) groups excluding carboxylic acids is 2. The molecule has 2 heterocycles. The summed E-state index contributed by atoms with van der Waals surface area (Å²) in [5, 5.41) is 14.8. The molecule has 0 saturated heterocycles. The van der Waals surface area contributed by atoms with Gasteiger partial charge in [-0.25, -0.2) is 4.79 Å². The molecule has 0 spiro atoms. The van der Waals surface area contributed by atoms with Gasteiger partial charge in [0.05, 0.1) is 28.5 Å². The number of anilines is 1. The van der Waals surface area contributed by atoms with Crippen molar-refractivity contribution in [3.8, 4) is 11.4 Å². The van der Waals surface area contributed by atoms with Crippen LogP contribution < -0.4 is 5.32 Å². The number of thiophene rings is 1. The van der Waals surface area contributed by atoms with Gasteiger partial charge in [-0.1, -0.05) is 35.0 Å². The minimum absolute atomic E-state index is 0.109. The fraction of sp³-hybridized carbons (Fsp3) is 0.222. The van der Waals surface area contributed by atoms with Gasteiger partial charge in [0.25, 0.3) is 0 Å². The lowest BCUT2D eigenvalue weighted by atomic mass is 10.2. The molecule has 0 aliphatic rings. The number of thioether (sulfide) groups is 1. The van der Waals surface area contributed by atoms with Crippen molar-refractivity contribution >= 4 is 63.2 Å². The van der Waals surface area contributed by atoms with E-state index < -0.39 is 5.97 Å². The Labute approximate surface area is 185 Å². The lowest BCUT2D eigenvalue weighted by Crippen LogP contribution is -2.16. The molecular weight excluding hydrogens is 455 g/mol. The molecule has 0 radical (unpaired) electrons. The molecule has 1 N–H and O–H groups in total. The molecule has 11 heteroatoms. The molecule has 3 aromatic rings. The Kier molecular flexibility index (Phi) is 7.18. The third kappa shape index (κ3) is 4.92. The van der Waals surface area contributed by atoms with Crippen LogP contribution in [0.5, 0.6) is 0 Å². The number of aromatic nitrogens is 3. The first-order valence-electron chi connectivity index (χ1n) is 8.41. The lowest BCUT2D eigenvalue weighted by molar-refractivity contribution is -0.113. The van der Waals surface area contributed by atoms with Crippen LogP contribution in [0.4, 0.5) is 5.00 Å². The van der Waals surface area contributed by atoms with Crippen molar-refractivity contribution < 1.29 is 14.3 Å². The number of hydrogen-bond donors (Lipinski definition) is 1. The number of rotatable bonds is 7. The fourth-order valence-corrected chi connectivity index (χ4v) is 4.39. The van der Waals surface area contributed by atoms with Crippen LogP contribution in [0.2, 0.25) is 10.0 Å². The van der Waals surface area contributed by atoms with E-state index in [9.17, 15) is 9.59 Å². The number of nitrogens with one attached hydrogen (secondary N) is 1. The van der Waals surface area contributed by atoms with Crippen molar-refractivity contribution in [1.82, 2.24) is 14.8 Å². The van der Waals surface area contributed by atoms with Crippen molar-refractivity contribution in [2.24, 2.45) is 0 Å². The van der Waals surface area contributed by atoms with Gasteiger partial charge >= 0.3 is 5.97 Å². The van der Waals surface area contributed by atoms with Crippen LogP contribution in [0, 0.1) is 0 Å². The van der Waals surface area contributed by atoms with E-state index >= 15 is 0 Å². The molecule has 0 unspecified atom stereocenters. The summed E-state index contributed by atoms with van der Waals surface area (Å²) in [6, 6.07) is 6.85. The van der Waals surface area contributed by atoms with Gasteiger partial charge in [-0.15, -0.1) is 21.5 Å². The highest BCUT2D eigenvalue weighted by Gasteiger charge is 2.18. The Morgan fingerprint density at radius 1 is 1.24 bits per heavy atom. The Hall–Kier alpha value is -2.07. The molecular formula is C18H16Cl2N4O3S2. The predicted octanol–water partition coefficient (Wildman–Crippen LogP) is 4.85. The number of ether oxygens (including phenoxy) is 1. The molecule has 7 nitrogen and oxygen atoms in total. The van der Waals surface area contributed by atoms with Gasteiger partial charge in [-0.05, 0) is 36.6 Å². The summed E-state index contributed by atoms with van der Waals surface area (Å²) in [5.41, 5.74) is 1.11. The average molecular weight is 471 g/mol. The standard InChI is InChI=1S/C18H16Cl2N4O3S2/c1-3-24-15(10-4-5-12(19)13(20)8-10)22-23-18(24)29-9-14(25)21-16-11(6-7-28-16)17(26)27-2/h4-8H,3,9H2,1-2H3,(H,21,25). The highest BCUT2D eigenvalue weighted by Crippen LogP contribution is 2.30. The van der Waals surface area contributed by atoms with Gasteiger partial charge in [0.2, 0.25) is 5.91 Å². The van der Waals surface area contributed by atoms with Gasteiger partial charge in [0.15, 0.2) is 11.0 Å². The highest BCUT2D eigenvalue weighted by molar-refractivity contribution is 7.99. The molecule has 1 amide bonds. The van der Waals surface area contributed by atoms with E-state index in [4.69, 9.17) is 27.9 Å². The summed E-state index contributed by atoms with van der Waals surface area (Å²) in [7, 11) is 1.30. The summed E-state index contributed by atoms with van der Waals surface area (Å²) < 4.78 is 6.60. The second kappa shape index (κ2) is 9.62. The van der Waals surface area contributed by atoms with Crippen LogP contribution in [0.15, 0.2) is 34.8 Å². The minimum atomic E-state index is -0.494. The minimum Gasteiger partial charge on any atom is -0.465 e. The van der Waals surface area contributed by atoms with Gasteiger partial charge < -0.3 is 14.6 Å². The molecule has 0 bridgehead atoms. The van der Waals surface area contributed by atoms with Crippen LogP contribution in [-0.4, -0.2) is 39.5 Å². The van der Waals surface area contributed by atoms with E-state index in [1.165, 1.54) is 30.2 Å². The van der Waals surface area contributed by atoms with E-state index in [0.29, 0.717) is 38.1 Å². The number of benzene rings is 1. The number of amides is 1. The number of methoxy groups -OCH3 is 1. The maximum Gasteiger partial charge on any atom is 0.340 e. The fourth-order valence-electron chi connectivity index (χ4n) is 2.50. The molecule has 0 aliphatic heterocycles. The third-order valence-electron chi connectivity index (χ3n) is 3.87. The predicted molar refractivity (Wildman–Crippen MR) is 116 cm³/mol. The molecule has 152 valence electrons. The molecule has 0 saturated carbocycles. The van der Waals surface area contributed by atoms with Gasteiger partial charge in [0.1, 0.15) is 5.00 Å². The molecule has 3 rings (SSSR count). The smallest absolute Gasteiger partial charge is 0.340 e. The van der Waals surface area contributed by atoms with Crippen molar-refractivity contribution in [2.45, 2.75) is 18.6 Å². The number of nitrogens with zero attached hydrogens (tertiary/aromatic N) is 3.